The molecule has 3 N–H and O–H groups in total. The summed E-state index contributed by atoms with van der Waals surface area (Å²) in [6.07, 6.45) is 6.02. The van der Waals surface area contributed by atoms with Crippen LogP contribution >= 0.6 is 0 Å². The maximum atomic E-state index is 10.2. The molecule has 0 spiro atoms. The zero-order chi connectivity index (χ0) is 16.0. The minimum Gasteiger partial charge on any atom is -0.506 e. The van der Waals surface area contributed by atoms with Crippen molar-refractivity contribution in [3.63, 3.8) is 0 Å². The van der Waals surface area contributed by atoms with Crippen molar-refractivity contribution in [1.29, 1.82) is 0 Å². The molecule has 6 nitrogen and oxygen atoms in total. The Morgan fingerprint density at radius 3 is 2.65 bits per heavy atom. The quantitative estimate of drug-likeness (QED) is 0.803. The van der Waals surface area contributed by atoms with Gasteiger partial charge in [0.1, 0.15) is 17.1 Å². The van der Waals surface area contributed by atoms with Crippen LogP contribution in [-0.2, 0) is 12.8 Å². The van der Waals surface area contributed by atoms with E-state index < -0.39 is 0 Å². The number of nitrogens with zero attached hydrogens (tertiary/aromatic N) is 3. The summed E-state index contributed by atoms with van der Waals surface area (Å²) < 4.78 is 0. The fourth-order valence-electron chi connectivity index (χ4n) is 3.43. The first-order valence-corrected chi connectivity index (χ1v) is 8.11. The first kappa shape index (κ1) is 14.4. The molecule has 2 aromatic rings. The summed E-state index contributed by atoms with van der Waals surface area (Å²) in [5.74, 6) is 0.973. The van der Waals surface area contributed by atoms with Crippen molar-refractivity contribution in [2.45, 2.75) is 51.2 Å². The monoisotopic (exact) mass is 312 g/mol. The van der Waals surface area contributed by atoms with Gasteiger partial charge in [-0.3, -0.25) is 4.98 Å². The molecule has 1 saturated carbocycles. The van der Waals surface area contributed by atoms with E-state index in [-0.39, 0.29) is 17.9 Å². The summed E-state index contributed by atoms with van der Waals surface area (Å²) in [4.78, 5) is 4.35. The summed E-state index contributed by atoms with van der Waals surface area (Å²) in [6.45, 7) is 1.90. The van der Waals surface area contributed by atoms with Crippen molar-refractivity contribution in [1.82, 2.24) is 15.2 Å². The van der Waals surface area contributed by atoms with E-state index in [9.17, 15) is 10.2 Å². The number of aliphatic hydroxyl groups excluding tert-OH is 1. The van der Waals surface area contributed by atoms with Crippen molar-refractivity contribution in [3.8, 4) is 17.1 Å². The van der Waals surface area contributed by atoms with E-state index >= 15 is 0 Å². The average Bonchev–Trinajstić information content (AvgIpc) is 2.96. The van der Waals surface area contributed by atoms with Gasteiger partial charge in [-0.1, -0.05) is 0 Å². The first-order chi connectivity index (χ1) is 11.1. The van der Waals surface area contributed by atoms with Gasteiger partial charge in [-0.05, 0) is 56.2 Å². The van der Waals surface area contributed by atoms with Gasteiger partial charge in [-0.15, -0.1) is 10.2 Å². The van der Waals surface area contributed by atoms with Gasteiger partial charge < -0.3 is 15.5 Å². The molecule has 2 heterocycles. The van der Waals surface area contributed by atoms with E-state index in [1.54, 1.807) is 12.3 Å². The molecular formula is C17H20N4O2. The number of anilines is 1. The van der Waals surface area contributed by atoms with Gasteiger partial charge in [0, 0.05) is 17.8 Å². The Morgan fingerprint density at radius 2 is 1.91 bits per heavy atom. The maximum Gasteiger partial charge on any atom is 0.152 e. The SMILES string of the molecule is Cc1cnc(-c2nnc(NC3CC(O)C3)c3c2CCC3)c(O)c1. The lowest BCUT2D eigenvalue weighted by Crippen LogP contribution is -2.39. The number of hydrogen-bond acceptors (Lipinski definition) is 6. The molecule has 4 rings (SSSR count). The van der Waals surface area contributed by atoms with Crippen LogP contribution in [0, 0.1) is 6.92 Å². The van der Waals surface area contributed by atoms with Crippen LogP contribution in [0.15, 0.2) is 12.3 Å². The van der Waals surface area contributed by atoms with E-state index in [1.807, 2.05) is 6.92 Å². The third kappa shape index (κ3) is 2.53. The highest BCUT2D eigenvalue weighted by Crippen LogP contribution is 2.37. The zero-order valence-electron chi connectivity index (χ0n) is 13.1. The van der Waals surface area contributed by atoms with Crippen molar-refractivity contribution in [2.75, 3.05) is 5.32 Å². The third-order valence-electron chi connectivity index (χ3n) is 4.72. The molecule has 0 amide bonds. The van der Waals surface area contributed by atoms with E-state index in [4.69, 9.17) is 0 Å². The van der Waals surface area contributed by atoms with Crippen molar-refractivity contribution >= 4 is 5.82 Å². The van der Waals surface area contributed by atoms with Crippen molar-refractivity contribution in [2.24, 2.45) is 0 Å². The Bertz CT molecular complexity index is 756. The summed E-state index contributed by atoms with van der Waals surface area (Å²) in [5.41, 5.74) is 4.42. The van der Waals surface area contributed by atoms with E-state index in [2.05, 4.69) is 20.5 Å². The van der Waals surface area contributed by atoms with Crippen LogP contribution in [0.2, 0.25) is 0 Å². The number of fused-ring (bicyclic) bond motifs is 1. The van der Waals surface area contributed by atoms with Crippen LogP contribution in [0.4, 0.5) is 5.82 Å². The minimum absolute atomic E-state index is 0.149. The smallest absolute Gasteiger partial charge is 0.152 e. The number of nitrogens with one attached hydrogen (secondary N) is 1. The number of rotatable bonds is 3. The number of aryl methyl sites for hydroxylation is 1. The highest BCUT2D eigenvalue weighted by molar-refractivity contribution is 5.70. The Kier molecular flexibility index (Phi) is 3.41. The first-order valence-electron chi connectivity index (χ1n) is 8.11. The molecule has 2 aliphatic carbocycles. The van der Waals surface area contributed by atoms with E-state index in [0.29, 0.717) is 11.4 Å². The van der Waals surface area contributed by atoms with Gasteiger partial charge in [0.2, 0.25) is 0 Å². The summed E-state index contributed by atoms with van der Waals surface area (Å²) >= 11 is 0. The largest absolute Gasteiger partial charge is 0.506 e. The molecule has 0 radical (unpaired) electrons. The van der Waals surface area contributed by atoms with Crippen molar-refractivity contribution < 1.29 is 10.2 Å². The highest BCUT2D eigenvalue weighted by atomic mass is 16.3. The predicted molar refractivity (Wildman–Crippen MR) is 86.3 cm³/mol. The molecular weight excluding hydrogens is 292 g/mol. The maximum absolute atomic E-state index is 10.2. The molecule has 0 unspecified atom stereocenters. The Hall–Kier alpha value is -2.21. The number of aromatic hydroxyl groups is 1. The number of pyridine rings is 1. The molecule has 2 aromatic heterocycles. The number of hydrogen-bond donors (Lipinski definition) is 3. The summed E-state index contributed by atoms with van der Waals surface area (Å²) in [6, 6.07) is 1.98. The second-order valence-corrected chi connectivity index (χ2v) is 6.55. The van der Waals surface area contributed by atoms with E-state index in [0.717, 1.165) is 49.0 Å². The third-order valence-corrected chi connectivity index (χ3v) is 4.72. The molecule has 6 heteroatoms. The van der Waals surface area contributed by atoms with Crippen LogP contribution in [0.3, 0.4) is 0 Å². The van der Waals surface area contributed by atoms with Gasteiger partial charge in [-0.2, -0.15) is 0 Å². The van der Waals surface area contributed by atoms with Crippen LogP contribution in [0.5, 0.6) is 5.75 Å². The predicted octanol–water partition coefficient (Wildman–Crippen LogP) is 1.98. The standard InChI is InChI=1S/C17H20N4O2/c1-9-5-14(23)16(18-8-9)15-12-3-2-4-13(12)17(21-20-15)19-10-6-11(22)7-10/h5,8,10-11,22-23H,2-4,6-7H2,1H3,(H,19,21). The highest BCUT2D eigenvalue weighted by Gasteiger charge is 2.30. The summed E-state index contributed by atoms with van der Waals surface area (Å²) in [7, 11) is 0. The molecule has 0 aromatic carbocycles. The molecule has 0 atom stereocenters. The molecule has 0 bridgehead atoms. The Labute approximate surface area is 134 Å². The normalized spacial score (nSPS) is 22.5. The van der Waals surface area contributed by atoms with Gasteiger partial charge in [0.05, 0.1) is 6.10 Å². The lowest BCUT2D eigenvalue weighted by molar-refractivity contribution is 0.0835. The second-order valence-electron chi connectivity index (χ2n) is 6.55. The van der Waals surface area contributed by atoms with Crippen molar-refractivity contribution in [3.05, 3.63) is 29.0 Å². The second kappa shape index (κ2) is 5.45. The number of aliphatic hydroxyl groups is 1. The molecule has 2 aliphatic rings. The van der Waals surface area contributed by atoms with Gasteiger partial charge in [-0.25, -0.2) is 0 Å². The molecule has 0 saturated heterocycles. The summed E-state index contributed by atoms with van der Waals surface area (Å²) in [5, 5.41) is 31.7. The van der Waals surface area contributed by atoms with Gasteiger partial charge in [0.25, 0.3) is 0 Å². The van der Waals surface area contributed by atoms with Gasteiger partial charge >= 0.3 is 0 Å². The Morgan fingerprint density at radius 1 is 1.13 bits per heavy atom. The lowest BCUT2D eigenvalue weighted by atomic mass is 9.89. The lowest BCUT2D eigenvalue weighted by Gasteiger charge is -2.32. The molecule has 1 fully saturated rings. The zero-order valence-corrected chi connectivity index (χ0v) is 13.1. The Balaban J connectivity index is 1.71. The molecule has 23 heavy (non-hydrogen) atoms. The average molecular weight is 312 g/mol. The van der Waals surface area contributed by atoms with E-state index in [1.165, 1.54) is 5.56 Å². The van der Waals surface area contributed by atoms with Crippen LogP contribution < -0.4 is 5.32 Å². The minimum atomic E-state index is -0.193. The molecule has 0 aliphatic heterocycles. The number of aromatic nitrogens is 3. The fraction of sp³-hybridized carbons (Fsp3) is 0.471. The topological polar surface area (TPSA) is 91.2 Å². The van der Waals surface area contributed by atoms with Crippen LogP contribution in [0.1, 0.15) is 36.0 Å². The molecule has 120 valence electrons. The van der Waals surface area contributed by atoms with Gasteiger partial charge in [0.15, 0.2) is 5.82 Å². The van der Waals surface area contributed by atoms with Crippen LogP contribution in [-0.4, -0.2) is 37.5 Å². The van der Waals surface area contributed by atoms with Crippen LogP contribution in [0.25, 0.3) is 11.4 Å². The fourth-order valence-corrected chi connectivity index (χ4v) is 3.43.